The van der Waals surface area contributed by atoms with Crippen molar-refractivity contribution in [2.75, 3.05) is 27.3 Å². The highest BCUT2D eigenvalue weighted by Gasteiger charge is 2.25. The molecule has 110 valence electrons. The van der Waals surface area contributed by atoms with E-state index in [0.29, 0.717) is 13.2 Å². The number of hydrogen-bond acceptors (Lipinski definition) is 3. The fraction of sp³-hybridized carbons (Fsp3) is 0.533. The van der Waals surface area contributed by atoms with E-state index in [1.54, 1.807) is 12.1 Å². The van der Waals surface area contributed by atoms with Crippen LogP contribution < -0.4 is 5.32 Å². The van der Waals surface area contributed by atoms with Crippen LogP contribution in [0.25, 0.3) is 0 Å². The molecular formula is C15H21FN2O2. The first-order valence-electron chi connectivity index (χ1n) is 6.88. The molecule has 1 fully saturated rings. The Kier molecular flexibility index (Phi) is 5.09. The number of likely N-dealkylation sites (N-methyl/N-ethyl adjacent to an activating group) is 1. The van der Waals surface area contributed by atoms with Crippen LogP contribution in [0.5, 0.6) is 0 Å². The van der Waals surface area contributed by atoms with Gasteiger partial charge >= 0.3 is 0 Å². The molecule has 0 unspecified atom stereocenters. The third-order valence-corrected chi connectivity index (χ3v) is 3.52. The van der Waals surface area contributed by atoms with Gasteiger partial charge in [0.2, 0.25) is 5.91 Å². The molecule has 1 saturated heterocycles. The van der Waals surface area contributed by atoms with Crippen LogP contribution in [0.4, 0.5) is 4.39 Å². The average molecular weight is 280 g/mol. The number of hydrogen-bond donors (Lipinski definition) is 1. The Labute approximate surface area is 118 Å². The Morgan fingerprint density at radius 2 is 1.90 bits per heavy atom. The second kappa shape index (κ2) is 6.81. The van der Waals surface area contributed by atoms with Gasteiger partial charge in [0.1, 0.15) is 11.9 Å². The SMILES string of the molecule is CN(C)[C@@H](C(=O)NC1CCOCC1)c1ccc(F)cc1. The quantitative estimate of drug-likeness (QED) is 0.913. The van der Waals surface area contributed by atoms with E-state index in [1.165, 1.54) is 12.1 Å². The largest absolute Gasteiger partial charge is 0.381 e. The lowest BCUT2D eigenvalue weighted by atomic mass is 10.0. The molecule has 4 nitrogen and oxygen atoms in total. The molecule has 1 atom stereocenters. The van der Waals surface area contributed by atoms with Gasteiger partial charge in [-0.3, -0.25) is 9.69 Å². The molecule has 2 rings (SSSR count). The van der Waals surface area contributed by atoms with Crippen molar-refractivity contribution in [3.8, 4) is 0 Å². The highest BCUT2D eigenvalue weighted by atomic mass is 19.1. The van der Waals surface area contributed by atoms with E-state index in [-0.39, 0.29) is 17.8 Å². The first-order valence-corrected chi connectivity index (χ1v) is 6.88. The minimum absolute atomic E-state index is 0.0477. The lowest BCUT2D eigenvalue weighted by molar-refractivity contribution is -0.127. The molecule has 1 N–H and O–H groups in total. The van der Waals surface area contributed by atoms with Gasteiger partial charge in [-0.25, -0.2) is 4.39 Å². The van der Waals surface area contributed by atoms with Gasteiger partial charge in [-0.15, -0.1) is 0 Å². The van der Waals surface area contributed by atoms with E-state index >= 15 is 0 Å². The van der Waals surface area contributed by atoms with Gasteiger partial charge in [0.15, 0.2) is 0 Å². The molecule has 1 aliphatic rings. The Morgan fingerprint density at radius 3 is 2.45 bits per heavy atom. The maximum absolute atomic E-state index is 13.0. The summed E-state index contributed by atoms with van der Waals surface area (Å²) >= 11 is 0. The highest BCUT2D eigenvalue weighted by Crippen LogP contribution is 2.20. The summed E-state index contributed by atoms with van der Waals surface area (Å²) in [6.07, 6.45) is 1.69. The summed E-state index contributed by atoms with van der Waals surface area (Å²) in [4.78, 5) is 14.3. The van der Waals surface area contributed by atoms with Gasteiger partial charge < -0.3 is 10.1 Å². The summed E-state index contributed by atoms with van der Waals surface area (Å²) in [6, 6.07) is 5.84. The van der Waals surface area contributed by atoms with Crippen molar-refractivity contribution in [2.24, 2.45) is 0 Å². The number of rotatable bonds is 4. The van der Waals surface area contributed by atoms with E-state index in [9.17, 15) is 9.18 Å². The zero-order valence-corrected chi connectivity index (χ0v) is 11.9. The number of carbonyl (C=O) groups excluding carboxylic acids is 1. The van der Waals surface area contributed by atoms with Crippen molar-refractivity contribution in [1.82, 2.24) is 10.2 Å². The van der Waals surface area contributed by atoms with Gasteiger partial charge in [-0.05, 0) is 44.6 Å². The summed E-state index contributed by atoms with van der Waals surface area (Å²) in [5, 5.41) is 3.06. The second-order valence-corrected chi connectivity index (χ2v) is 5.31. The number of halogens is 1. The van der Waals surface area contributed by atoms with E-state index in [4.69, 9.17) is 4.74 Å². The van der Waals surface area contributed by atoms with Crippen molar-refractivity contribution in [3.63, 3.8) is 0 Å². The molecule has 0 aliphatic carbocycles. The number of amides is 1. The molecule has 0 bridgehead atoms. The standard InChI is InChI=1S/C15H21FN2O2/c1-18(2)14(11-3-5-12(16)6-4-11)15(19)17-13-7-9-20-10-8-13/h3-6,13-14H,7-10H2,1-2H3,(H,17,19)/t14-/m1/s1. The lowest BCUT2D eigenvalue weighted by Crippen LogP contribution is -2.44. The van der Waals surface area contributed by atoms with Crippen LogP contribution in [0, 0.1) is 5.82 Å². The summed E-state index contributed by atoms with van der Waals surface area (Å²) in [6.45, 7) is 1.38. The van der Waals surface area contributed by atoms with Gasteiger partial charge in [0.05, 0.1) is 0 Å². The Hall–Kier alpha value is -1.46. The van der Waals surface area contributed by atoms with Crippen LogP contribution in [0.3, 0.4) is 0 Å². The third kappa shape index (κ3) is 3.77. The topological polar surface area (TPSA) is 41.6 Å². The molecule has 5 heteroatoms. The second-order valence-electron chi connectivity index (χ2n) is 5.31. The van der Waals surface area contributed by atoms with Gasteiger partial charge in [-0.2, -0.15) is 0 Å². The van der Waals surface area contributed by atoms with Crippen molar-refractivity contribution in [1.29, 1.82) is 0 Å². The Bertz CT molecular complexity index is 442. The summed E-state index contributed by atoms with van der Waals surface area (Å²) in [7, 11) is 3.69. The number of nitrogens with one attached hydrogen (secondary N) is 1. The molecule has 0 radical (unpaired) electrons. The molecule has 1 aromatic carbocycles. The zero-order chi connectivity index (χ0) is 14.5. The summed E-state index contributed by atoms with van der Waals surface area (Å²) in [5.41, 5.74) is 0.793. The predicted octanol–water partition coefficient (Wildman–Crippen LogP) is 1.72. The fourth-order valence-corrected chi connectivity index (χ4v) is 2.45. The normalized spacial score (nSPS) is 18.0. The first-order chi connectivity index (χ1) is 9.58. The van der Waals surface area contributed by atoms with E-state index < -0.39 is 6.04 Å². The van der Waals surface area contributed by atoms with E-state index in [0.717, 1.165) is 18.4 Å². The number of nitrogens with zero attached hydrogens (tertiary/aromatic N) is 1. The molecule has 0 aromatic heterocycles. The molecule has 1 amide bonds. The Morgan fingerprint density at radius 1 is 1.30 bits per heavy atom. The monoisotopic (exact) mass is 280 g/mol. The molecule has 0 spiro atoms. The van der Waals surface area contributed by atoms with Crippen LogP contribution in [0.2, 0.25) is 0 Å². The highest BCUT2D eigenvalue weighted by molar-refractivity contribution is 5.83. The maximum atomic E-state index is 13.0. The van der Waals surface area contributed by atoms with E-state index in [2.05, 4.69) is 5.32 Å². The van der Waals surface area contributed by atoms with Gasteiger partial charge in [-0.1, -0.05) is 12.1 Å². The number of benzene rings is 1. The lowest BCUT2D eigenvalue weighted by Gasteiger charge is -2.28. The van der Waals surface area contributed by atoms with Crippen LogP contribution in [0.1, 0.15) is 24.4 Å². The summed E-state index contributed by atoms with van der Waals surface area (Å²) < 4.78 is 18.3. The zero-order valence-electron chi connectivity index (χ0n) is 11.9. The van der Waals surface area contributed by atoms with Crippen LogP contribution in [0.15, 0.2) is 24.3 Å². The minimum atomic E-state index is -0.404. The van der Waals surface area contributed by atoms with Crippen LogP contribution >= 0.6 is 0 Å². The van der Waals surface area contributed by atoms with Crippen molar-refractivity contribution in [3.05, 3.63) is 35.6 Å². The molecule has 1 heterocycles. The molecule has 20 heavy (non-hydrogen) atoms. The Balaban J connectivity index is 2.07. The number of carbonyl (C=O) groups is 1. The van der Waals surface area contributed by atoms with Crippen LogP contribution in [-0.4, -0.2) is 44.2 Å². The van der Waals surface area contributed by atoms with Crippen molar-refractivity contribution < 1.29 is 13.9 Å². The molecule has 1 aliphatic heterocycles. The third-order valence-electron chi connectivity index (χ3n) is 3.52. The first kappa shape index (κ1) is 14.9. The fourth-order valence-electron chi connectivity index (χ4n) is 2.45. The molecule has 0 saturated carbocycles. The smallest absolute Gasteiger partial charge is 0.242 e. The van der Waals surface area contributed by atoms with Crippen molar-refractivity contribution in [2.45, 2.75) is 24.9 Å². The molecule has 1 aromatic rings. The van der Waals surface area contributed by atoms with Gasteiger partial charge in [0, 0.05) is 19.3 Å². The average Bonchev–Trinajstić information content (AvgIpc) is 2.42. The van der Waals surface area contributed by atoms with Crippen molar-refractivity contribution >= 4 is 5.91 Å². The minimum Gasteiger partial charge on any atom is -0.381 e. The maximum Gasteiger partial charge on any atom is 0.242 e. The predicted molar refractivity (Wildman–Crippen MR) is 74.8 cm³/mol. The summed E-state index contributed by atoms with van der Waals surface area (Å²) in [5.74, 6) is -0.343. The molecular weight excluding hydrogens is 259 g/mol. The van der Waals surface area contributed by atoms with Gasteiger partial charge in [0.25, 0.3) is 0 Å². The number of ether oxygens (including phenoxy) is 1. The van der Waals surface area contributed by atoms with Crippen LogP contribution in [-0.2, 0) is 9.53 Å². The van der Waals surface area contributed by atoms with E-state index in [1.807, 2.05) is 19.0 Å².